The molecule has 0 amide bonds. The third kappa shape index (κ3) is 1.25. The molecule has 1 heterocycles. The second-order valence-electron chi connectivity index (χ2n) is 3.24. The minimum Gasteiger partial charge on any atom is -0.478 e. The molecule has 0 fully saturated rings. The Morgan fingerprint density at radius 1 is 1.57 bits per heavy atom. The van der Waals surface area contributed by atoms with Gasteiger partial charge in [-0.1, -0.05) is 0 Å². The number of carbonyl (C=O) groups is 1. The maximum Gasteiger partial charge on any atom is 0.337 e. The summed E-state index contributed by atoms with van der Waals surface area (Å²) < 4.78 is 26.1. The van der Waals surface area contributed by atoms with E-state index in [0.29, 0.717) is 5.56 Å². The molecule has 0 radical (unpaired) electrons. The van der Waals surface area contributed by atoms with Crippen LogP contribution in [0, 0.1) is 0 Å². The van der Waals surface area contributed by atoms with Gasteiger partial charge in [0.25, 0.3) is 5.92 Å². The zero-order chi connectivity index (χ0) is 10.3. The molecule has 5 heteroatoms. The van der Waals surface area contributed by atoms with E-state index < -0.39 is 11.9 Å². The molecule has 0 atom stereocenters. The summed E-state index contributed by atoms with van der Waals surface area (Å²) in [5.41, 5.74) is 0.0267. The van der Waals surface area contributed by atoms with E-state index in [4.69, 9.17) is 5.11 Å². The van der Waals surface area contributed by atoms with Gasteiger partial charge in [-0.2, -0.15) is 8.78 Å². The van der Waals surface area contributed by atoms with Crippen LogP contribution in [-0.4, -0.2) is 16.1 Å². The maximum atomic E-state index is 13.1. The summed E-state index contributed by atoms with van der Waals surface area (Å²) in [6.45, 7) is 0. The molecule has 0 aliphatic heterocycles. The molecule has 1 aromatic rings. The first-order valence-corrected chi connectivity index (χ1v) is 4.11. The van der Waals surface area contributed by atoms with Crippen molar-refractivity contribution in [3.8, 4) is 0 Å². The highest BCUT2D eigenvalue weighted by molar-refractivity contribution is 5.87. The Labute approximate surface area is 78.4 Å². The highest BCUT2D eigenvalue weighted by Crippen LogP contribution is 2.40. The number of aromatic nitrogens is 1. The molecule has 0 spiro atoms. The van der Waals surface area contributed by atoms with Gasteiger partial charge in [-0.05, 0) is 18.1 Å². The summed E-state index contributed by atoms with van der Waals surface area (Å²) in [7, 11) is 0. The highest BCUT2D eigenvalue weighted by atomic mass is 19.3. The number of aromatic carboxylic acids is 1. The Balaban J connectivity index is 2.49. The normalized spacial score (nSPS) is 17.9. The Morgan fingerprint density at radius 2 is 2.29 bits per heavy atom. The third-order valence-electron chi connectivity index (χ3n) is 2.27. The van der Waals surface area contributed by atoms with Crippen LogP contribution >= 0.6 is 0 Å². The van der Waals surface area contributed by atoms with Crippen molar-refractivity contribution >= 4 is 5.97 Å². The average molecular weight is 199 g/mol. The van der Waals surface area contributed by atoms with Gasteiger partial charge in [0.15, 0.2) is 0 Å². The first kappa shape index (κ1) is 9.05. The fourth-order valence-corrected chi connectivity index (χ4v) is 1.56. The van der Waals surface area contributed by atoms with Crippen LogP contribution in [0.5, 0.6) is 0 Å². The number of nitrogens with zero attached hydrogens (tertiary/aromatic N) is 1. The molecular formula is C9H7F2NO2. The number of alkyl halides is 2. The second kappa shape index (κ2) is 2.73. The number of fused-ring (bicyclic) bond motifs is 1. The van der Waals surface area contributed by atoms with Crippen LogP contribution in [0.25, 0.3) is 0 Å². The molecule has 1 aromatic heterocycles. The molecular weight excluding hydrogens is 192 g/mol. The van der Waals surface area contributed by atoms with Crippen molar-refractivity contribution in [2.45, 2.75) is 18.8 Å². The van der Waals surface area contributed by atoms with Crippen LogP contribution in [0.4, 0.5) is 8.78 Å². The number of hydrogen-bond acceptors (Lipinski definition) is 2. The summed E-state index contributed by atoms with van der Waals surface area (Å²) >= 11 is 0. The van der Waals surface area contributed by atoms with Crippen molar-refractivity contribution in [1.82, 2.24) is 4.98 Å². The largest absolute Gasteiger partial charge is 0.478 e. The van der Waals surface area contributed by atoms with Gasteiger partial charge in [0, 0.05) is 12.6 Å². The van der Waals surface area contributed by atoms with Crippen molar-refractivity contribution in [2.24, 2.45) is 0 Å². The van der Waals surface area contributed by atoms with Crippen molar-refractivity contribution < 1.29 is 18.7 Å². The SMILES string of the molecule is O=C(O)c1cnc2c(c1)CCC2(F)F. The Bertz CT molecular complexity index is 404. The molecule has 74 valence electrons. The minimum atomic E-state index is -2.90. The van der Waals surface area contributed by atoms with Gasteiger partial charge < -0.3 is 5.11 Å². The highest BCUT2D eigenvalue weighted by Gasteiger charge is 2.40. The molecule has 14 heavy (non-hydrogen) atoms. The predicted octanol–water partition coefficient (Wildman–Crippen LogP) is 1.82. The monoisotopic (exact) mass is 199 g/mol. The molecule has 3 nitrogen and oxygen atoms in total. The summed E-state index contributed by atoms with van der Waals surface area (Å²) in [4.78, 5) is 14.0. The smallest absolute Gasteiger partial charge is 0.337 e. The molecule has 0 unspecified atom stereocenters. The van der Waals surface area contributed by atoms with E-state index in [1.54, 1.807) is 0 Å². The Kier molecular flexibility index (Phi) is 1.77. The summed E-state index contributed by atoms with van der Waals surface area (Å²) in [6, 6.07) is 1.27. The number of carboxylic acid groups (broad SMARTS) is 1. The average Bonchev–Trinajstić information content (AvgIpc) is 2.42. The predicted molar refractivity (Wildman–Crippen MR) is 43.4 cm³/mol. The quantitative estimate of drug-likeness (QED) is 0.750. The van der Waals surface area contributed by atoms with Gasteiger partial charge in [0.2, 0.25) is 0 Å². The molecule has 1 aliphatic carbocycles. The van der Waals surface area contributed by atoms with Crippen molar-refractivity contribution in [2.75, 3.05) is 0 Å². The van der Waals surface area contributed by atoms with Gasteiger partial charge in [-0.15, -0.1) is 0 Å². The lowest BCUT2D eigenvalue weighted by molar-refractivity contribution is -0.00597. The number of aryl methyl sites for hydroxylation is 1. The van der Waals surface area contributed by atoms with Crippen LogP contribution < -0.4 is 0 Å². The van der Waals surface area contributed by atoms with Gasteiger partial charge in [-0.25, -0.2) is 4.79 Å². The van der Waals surface area contributed by atoms with Crippen LogP contribution in [-0.2, 0) is 12.3 Å². The van der Waals surface area contributed by atoms with E-state index in [2.05, 4.69) is 4.98 Å². The van der Waals surface area contributed by atoms with Crippen LogP contribution in [0.3, 0.4) is 0 Å². The van der Waals surface area contributed by atoms with E-state index in [1.807, 2.05) is 0 Å². The number of rotatable bonds is 1. The maximum absolute atomic E-state index is 13.1. The van der Waals surface area contributed by atoms with E-state index in [9.17, 15) is 13.6 Å². The van der Waals surface area contributed by atoms with Gasteiger partial charge in [0.1, 0.15) is 5.69 Å². The molecule has 0 bridgehead atoms. The third-order valence-corrected chi connectivity index (χ3v) is 2.27. The molecule has 1 N–H and O–H groups in total. The first-order valence-electron chi connectivity index (χ1n) is 4.11. The number of halogens is 2. The summed E-state index contributed by atoms with van der Waals surface area (Å²) in [5, 5.41) is 8.62. The van der Waals surface area contributed by atoms with E-state index in [-0.39, 0.29) is 24.1 Å². The van der Waals surface area contributed by atoms with Gasteiger partial charge in [-0.3, -0.25) is 4.98 Å². The zero-order valence-corrected chi connectivity index (χ0v) is 7.13. The van der Waals surface area contributed by atoms with Gasteiger partial charge >= 0.3 is 5.97 Å². The van der Waals surface area contributed by atoms with Crippen LogP contribution in [0.2, 0.25) is 0 Å². The summed E-state index contributed by atoms with van der Waals surface area (Å²) in [5.74, 6) is -4.04. The van der Waals surface area contributed by atoms with E-state index >= 15 is 0 Å². The molecule has 2 rings (SSSR count). The van der Waals surface area contributed by atoms with E-state index in [1.165, 1.54) is 6.07 Å². The topological polar surface area (TPSA) is 50.2 Å². The fraction of sp³-hybridized carbons (Fsp3) is 0.333. The van der Waals surface area contributed by atoms with Gasteiger partial charge in [0.05, 0.1) is 5.56 Å². The molecule has 0 saturated heterocycles. The Hall–Kier alpha value is -1.52. The van der Waals surface area contributed by atoms with Crippen LogP contribution in [0.1, 0.15) is 28.0 Å². The minimum absolute atomic E-state index is 0.0403. The molecule has 1 aliphatic rings. The van der Waals surface area contributed by atoms with Crippen molar-refractivity contribution in [1.29, 1.82) is 0 Å². The molecule has 0 saturated carbocycles. The Morgan fingerprint density at radius 3 is 2.93 bits per heavy atom. The fourth-order valence-electron chi connectivity index (χ4n) is 1.56. The lowest BCUT2D eigenvalue weighted by atomic mass is 10.1. The van der Waals surface area contributed by atoms with Crippen molar-refractivity contribution in [3.63, 3.8) is 0 Å². The van der Waals surface area contributed by atoms with Crippen LogP contribution in [0.15, 0.2) is 12.3 Å². The van der Waals surface area contributed by atoms with E-state index in [0.717, 1.165) is 6.20 Å². The summed E-state index contributed by atoms with van der Waals surface area (Å²) in [6.07, 6.45) is 0.884. The zero-order valence-electron chi connectivity index (χ0n) is 7.13. The molecule has 0 aromatic carbocycles. The number of carboxylic acids is 1. The first-order chi connectivity index (χ1) is 6.50. The lowest BCUT2D eigenvalue weighted by Crippen LogP contribution is -2.10. The standard InChI is InChI=1S/C9H7F2NO2/c10-9(11)2-1-5-3-6(8(13)14)4-12-7(5)9/h3-4H,1-2H2,(H,13,14). The van der Waals surface area contributed by atoms with Crippen molar-refractivity contribution in [3.05, 3.63) is 29.1 Å². The second-order valence-corrected chi connectivity index (χ2v) is 3.24. The lowest BCUT2D eigenvalue weighted by Gasteiger charge is -2.07. The number of pyridine rings is 1. The number of hydrogen-bond donors (Lipinski definition) is 1.